The standard InChI is InChI=1S/C7H11NO2S/c1-5-4-6(8)2-3-7(5)11(9)10/h2,4,7H,3,8H2,1H3,(H,9,10)/p-1. The predicted octanol–water partition coefficient (Wildman–Crippen LogP) is 0.427. The van der Waals surface area contributed by atoms with Crippen LogP contribution in [0.1, 0.15) is 13.3 Å². The Bertz CT molecular complexity index is 245. The molecule has 0 heterocycles. The van der Waals surface area contributed by atoms with Gasteiger partial charge in [-0.25, -0.2) is 0 Å². The second-order valence-electron chi connectivity index (χ2n) is 2.58. The van der Waals surface area contributed by atoms with Crippen molar-refractivity contribution < 1.29 is 8.76 Å². The Kier molecular flexibility index (Phi) is 2.46. The summed E-state index contributed by atoms with van der Waals surface area (Å²) < 4.78 is 21.1. The fourth-order valence-electron chi connectivity index (χ4n) is 1.07. The highest BCUT2D eigenvalue weighted by molar-refractivity contribution is 7.80. The summed E-state index contributed by atoms with van der Waals surface area (Å²) in [7, 11) is 0. The van der Waals surface area contributed by atoms with E-state index in [0.29, 0.717) is 12.1 Å². The molecule has 1 aliphatic rings. The molecule has 0 aromatic rings. The zero-order chi connectivity index (χ0) is 8.43. The Labute approximate surface area is 68.3 Å². The molecule has 0 saturated carbocycles. The summed E-state index contributed by atoms with van der Waals surface area (Å²) in [6, 6.07) is 0. The maximum atomic E-state index is 10.6. The van der Waals surface area contributed by atoms with Crippen molar-refractivity contribution in [1.29, 1.82) is 0 Å². The zero-order valence-electron chi connectivity index (χ0n) is 6.24. The third-order valence-corrected chi connectivity index (χ3v) is 2.73. The van der Waals surface area contributed by atoms with Crippen molar-refractivity contribution in [2.75, 3.05) is 0 Å². The zero-order valence-corrected chi connectivity index (χ0v) is 7.06. The molecule has 0 amide bonds. The van der Waals surface area contributed by atoms with E-state index in [-0.39, 0.29) is 5.25 Å². The van der Waals surface area contributed by atoms with Crippen LogP contribution in [-0.4, -0.2) is 14.0 Å². The predicted molar refractivity (Wildman–Crippen MR) is 43.4 cm³/mol. The summed E-state index contributed by atoms with van der Waals surface area (Å²) in [5.74, 6) is 0. The van der Waals surface area contributed by atoms with Crippen LogP contribution in [0.5, 0.6) is 0 Å². The van der Waals surface area contributed by atoms with Gasteiger partial charge in [0, 0.05) is 10.9 Å². The summed E-state index contributed by atoms with van der Waals surface area (Å²) in [6.45, 7) is 1.78. The van der Waals surface area contributed by atoms with Crippen LogP contribution in [0.15, 0.2) is 23.4 Å². The molecule has 2 unspecified atom stereocenters. The molecule has 1 aliphatic carbocycles. The molecule has 0 spiro atoms. The van der Waals surface area contributed by atoms with E-state index in [0.717, 1.165) is 5.57 Å². The SMILES string of the molecule is CC1=CC(N)=CCC1S(=O)[O-]. The molecule has 11 heavy (non-hydrogen) atoms. The fourth-order valence-corrected chi connectivity index (χ4v) is 1.70. The highest BCUT2D eigenvalue weighted by atomic mass is 32.2. The molecule has 3 nitrogen and oxygen atoms in total. The first-order chi connectivity index (χ1) is 5.11. The van der Waals surface area contributed by atoms with Crippen LogP contribution in [0.2, 0.25) is 0 Å². The second-order valence-corrected chi connectivity index (χ2v) is 3.67. The highest BCUT2D eigenvalue weighted by Gasteiger charge is 2.13. The maximum absolute atomic E-state index is 10.6. The van der Waals surface area contributed by atoms with E-state index in [1.54, 1.807) is 19.1 Å². The minimum atomic E-state index is -2.02. The van der Waals surface area contributed by atoms with E-state index in [9.17, 15) is 8.76 Å². The molecule has 0 saturated heterocycles. The van der Waals surface area contributed by atoms with Gasteiger partial charge < -0.3 is 10.3 Å². The van der Waals surface area contributed by atoms with Gasteiger partial charge in [0.15, 0.2) is 0 Å². The Morgan fingerprint density at radius 1 is 1.82 bits per heavy atom. The average molecular weight is 172 g/mol. The molecule has 0 radical (unpaired) electrons. The Morgan fingerprint density at radius 2 is 2.45 bits per heavy atom. The van der Waals surface area contributed by atoms with E-state index < -0.39 is 11.1 Å². The molecule has 62 valence electrons. The van der Waals surface area contributed by atoms with Gasteiger partial charge in [-0.05, 0) is 30.5 Å². The number of hydrogen-bond donors (Lipinski definition) is 1. The van der Waals surface area contributed by atoms with Gasteiger partial charge in [0.1, 0.15) is 0 Å². The van der Waals surface area contributed by atoms with Crippen molar-refractivity contribution in [3.63, 3.8) is 0 Å². The van der Waals surface area contributed by atoms with E-state index >= 15 is 0 Å². The molecule has 1 rings (SSSR count). The second kappa shape index (κ2) is 3.19. The van der Waals surface area contributed by atoms with E-state index in [4.69, 9.17) is 5.73 Å². The van der Waals surface area contributed by atoms with Crippen molar-refractivity contribution in [3.05, 3.63) is 23.4 Å². The van der Waals surface area contributed by atoms with Gasteiger partial charge in [-0.3, -0.25) is 4.21 Å². The van der Waals surface area contributed by atoms with Crippen LogP contribution in [0.4, 0.5) is 0 Å². The van der Waals surface area contributed by atoms with Gasteiger partial charge >= 0.3 is 0 Å². The largest absolute Gasteiger partial charge is 0.772 e. The van der Waals surface area contributed by atoms with Gasteiger partial charge in [0.05, 0.1) is 0 Å². The van der Waals surface area contributed by atoms with Gasteiger partial charge in [-0.15, -0.1) is 0 Å². The molecular formula is C7H10NO2S-. The number of allylic oxidation sites excluding steroid dienone is 2. The molecule has 0 aromatic carbocycles. The van der Waals surface area contributed by atoms with Crippen LogP contribution in [0, 0.1) is 0 Å². The highest BCUT2D eigenvalue weighted by Crippen LogP contribution is 2.18. The number of hydrogen-bond acceptors (Lipinski definition) is 3. The topological polar surface area (TPSA) is 66.2 Å². The molecule has 2 atom stereocenters. The summed E-state index contributed by atoms with van der Waals surface area (Å²) in [4.78, 5) is 0. The van der Waals surface area contributed by atoms with Gasteiger partial charge in [-0.2, -0.15) is 0 Å². The monoisotopic (exact) mass is 172 g/mol. The lowest BCUT2D eigenvalue weighted by molar-refractivity contribution is 0.527. The lowest BCUT2D eigenvalue weighted by atomic mass is 10.0. The Hall–Kier alpha value is -0.610. The van der Waals surface area contributed by atoms with Crippen LogP contribution < -0.4 is 5.73 Å². The number of rotatable bonds is 1. The fraction of sp³-hybridized carbons (Fsp3) is 0.429. The van der Waals surface area contributed by atoms with Crippen LogP contribution >= 0.6 is 0 Å². The van der Waals surface area contributed by atoms with Crippen molar-refractivity contribution >= 4 is 11.1 Å². The lowest BCUT2D eigenvalue weighted by Crippen LogP contribution is -2.19. The van der Waals surface area contributed by atoms with Crippen molar-refractivity contribution in [3.8, 4) is 0 Å². The minimum absolute atomic E-state index is 0.373. The van der Waals surface area contributed by atoms with Gasteiger partial charge in [-0.1, -0.05) is 11.6 Å². The van der Waals surface area contributed by atoms with E-state index in [1.165, 1.54) is 0 Å². The molecular weight excluding hydrogens is 162 g/mol. The summed E-state index contributed by atoms with van der Waals surface area (Å²) >= 11 is -2.02. The number of nitrogens with two attached hydrogens (primary N) is 1. The summed E-state index contributed by atoms with van der Waals surface area (Å²) in [6.07, 6.45) is 3.93. The van der Waals surface area contributed by atoms with E-state index in [2.05, 4.69) is 0 Å². The lowest BCUT2D eigenvalue weighted by Gasteiger charge is -2.22. The minimum Gasteiger partial charge on any atom is -0.772 e. The summed E-state index contributed by atoms with van der Waals surface area (Å²) in [5.41, 5.74) is 6.95. The quantitative estimate of drug-likeness (QED) is 0.583. The van der Waals surface area contributed by atoms with Crippen LogP contribution in [-0.2, 0) is 11.1 Å². The first kappa shape index (κ1) is 8.49. The normalized spacial score (nSPS) is 27.3. The summed E-state index contributed by atoms with van der Waals surface area (Å²) in [5, 5.41) is -0.373. The van der Waals surface area contributed by atoms with Crippen molar-refractivity contribution in [1.82, 2.24) is 0 Å². The molecule has 0 bridgehead atoms. The van der Waals surface area contributed by atoms with E-state index in [1.807, 2.05) is 0 Å². The third kappa shape index (κ3) is 1.91. The molecule has 4 heteroatoms. The molecule has 0 aromatic heterocycles. The Balaban J connectivity index is 2.80. The maximum Gasteiger partial charge on any atom is 0.0461 e. The molecule has 0 fully saturated rings. The first-order valence-electron chi connectivity index (χ1n) is 3.33. The Morgan fingerprint density at radius 3 is 2.91 bits per heavy atom. The van der Waals surface area contributed by atoms with Crippen LogP contribution in [0.3, 0.4) is 0 Å². The third-order valence-electron chi connectivity index (χ3n) is 1.70. The van der Waals surface area contributed by atoms with Gasteiger partial charge in [0.2, 0.25) is 0 Å². The first-order valence-corrected chi connectivity index (χ1v) is 4.47. The smallest absolute Gasteiger partial charge is 0.0461 e. The van der Waals surface area contributed by atoms with Crippen molar-refractivity contribution in [2.45, 2.75) is 18.6 Å². The molecule has 2 N–H and O–H groups in total. The van der Waals surface area contributed by atoms with Crippen LogP contribution in [0.25, 0.3) is 0 Å². The van der Waals surface area contributed by atoms with Crippen molar-refractivity contribution in [2.24, 2.45) is 5.73 Å². The van der Waals surface area contributed by atoms with Gasteiger partial charge in [0.25, 0.3) is 0 Å². The average Bonchev–Trinajstić information content (AvgIpc) is 1.85. The molecule has 0 aliphatic heterocycles.